The van der Waals surface area contributed by atoms with Crippen LogP contribution in [0.1, 0.15) is 12.0 Å². The number of amides is 3. The van der Waals surface area contributed by atoms with Gasteiger partial charge in [0.1, 0.15) is 6.04 Å². The van der Waals surface area contributed by atoms with Gasteiger partial charge in [0, 0.05) is 12.1 Å². The van der Waals surface area contributed by atoms with Gasteiger partial charge in [0.05, 0.1) is 11.8 Å². The first-order valence-corrected chi connectivity index (χ1v) is 10.1. The van der Waals surface area contributed by atoms with E-state index in [4.69, 9.17) is 0 Å². The highest BCUT2D eigenvalue weighted by molar-refractivity contribution is 6.10. The summed E-state index contributed by atoms with van der Waals surface area (Å²) < 4.78 is 0. The third-order valence-corrected chi connectivity index (χ3v) is 6.43. The normalized spacial score (nSPS) is 27.9. The third-order valence-electron chi connectivity index (χ3n) is 6.43. The van der Waals surface area contributed by atoms with Crippen LogP contribution in [0.5, 0.6) is 0 Å². The summed E-state index contributed by atoms with van der Waals surface area (Å²) in [7, 11) is 0. The Morgan fingerprint density at radius 1 is 0.897 bits per heavy atom. The number of hydrogen-bond donors (Lipinski definition) is 1. The van der Waals surface area contributed by atoms with Crippen LogP contribution in [0.25, 0.3) is 0 Å². The van der Waals surface area contributed by atoms with Crippen molar-refractivity contribution < 1.29 is 14.4 Å². The topological polar surface area (TPSA) is 66.5 Å². The number of rotatable bonds is 5. The molecule has 5 rings (SSSR count). The average molecular weight is 386 g/mol. The number of carbonyl (C=O) groups is 3. The Balaban J connectivity index is 1.46. The minimum absolute atomic E-state index is 0.126. The Bertz CT molecular complexity index is 956. The summed E-state index contributed by atoms with van der Waals surface area (Å²) in [6.45, 7) is 0. The van der Waals surface area contributed by atoms with E-state index in [1.54, 1.807) is 12.1 Å². The average Bonchev–Trinajstić information content (AvgIpc) is 3.42. The van der Waals surface area contributed by atoms with Gasteiger partial charge in [-0.25, -0.2) is 0 Å². The Labute approximate surface area is 169 Å². The molecule has 146 valence electrons. The van der Waals surface area contributed by atoms with Gasteiger partial charge in [-0.2, -0.15) is 0 Å². The second-order valence-corrected chi connectivity index (χ2v) is 8.11. The van der Waals surface area contributed by atoms with Crippen LogP contribution in [0.3, 0.4) is 0 Å². The summed E-state index contributed by atoms with van der Waals surface area (Å²) in [5.74, 6) is -1.08. The highest BCUT2D eigenvalue weighted by atomic mass is 16.2. The highest BCUT2D eigenvalue weighted by Crippen LogP contribution is 2.53. The van der Waals surface area contributed by atoms with Gasteiger partial charge in [0.15, 0.2) is 0 Å². The third kappa shape index (κ3) is 2.97. The second kappa shape index (κ2) is 6.99. The van der Waals surface area contributed by atoms with Gasteiger partial charge >= 0.3 is 0 Å². The molecular weight excluding hydrogens is 364 g/mol. The van der Waals surface area contributed by atoms with E-state index in [1.807, 2.05) is 48.5 Å². The molecule has 5 atom stereocenters. The van der Waals surface area contributed by atoms with Crippen LogP contribution in [-0.2, 0) is 20.8 Å². The van der Waals surface area contributed by atoms with Crippen molar-refractivity contribution in [3.8, 4) is 0 Å². The maximum absolute atomic E-state index is 13.3. The summed E-state index contributed by atoms with van der Waals surface area (Å²) >= 11 is 0. The minimum atomic E-state index is -0.859. The van der Waals surface area contributed by atoms with E-state index < -0.39 is 6.04 Å². The molecule has 3 amide bonds. The highest BCUT2D eigenvalue weighted by Gasteiger charge is 2.61. The molecule has 0 aromatic heterocycles. The lowest BCUT2D eigenvalue weighted by atomic mass is 9.85. The van der Waals surface area contributed by atoms with E-state index in [-0.39, 0.29) is 41.4 Å². The largest absolute Gasteiger partial charge is 0.324 e. The molecule has 2 aliphatic carbocycles. The van der Waals surface area contributed by atoms with Crippen LogP contribution in [0.15, 0.2) is 72.8 Å². The van der Waals surface area contributed by atoms with E-state index in [0.717, 1.165) is 12.0 Å². The van der Waals surface area contributed by atoms with Crippen LogP contribution in [-0.4, -0.2) is 28.7 Å². The van der Waals surface area contributed by atoms with Crippen LogP contribution in [0.4, 0.5) is 5.69 Å². The molecule has 1 heterocycles. The molecule has 1 saturated heterocycles. The van der Waals surface area contributed by atoms with Gasteiger partial charge in [-0.3, -0.25) is 19.3 Å². The van der Waals surface area contributed by atoms with Crippen molar-refractivity contribution in [1.29, 1.82) is 0 Å². The van der Waals surface area contributed by atoms with Crippen LogP contribution < -0.4 is 5.32 Å². The Morgan fingerprint density at radius 2 is 1.45 bits per heavy atom. The first kappa shape index (κ1) is 17.9. The number of nitrogens with zero attached hydrogens (tertiary/aromatic N) is 1. The van der Waals surface area contributed by atoms with Crippen molar-refractivity contribution in [2.24, 2.45) is 23.7 Å². The molecule has 2 aromatic carbocycles. The lowest BCUT2D eigenvalue weighted by Crippen LogP contribution is -2.49. The summed E-state index contributed by atoms with van der Waals surface area (Å²) in [6, 6.07) is 17.8. The SMILES string of the molecule is O=C(Nc1ccccc1)[C@H](Cc1ccccc1)N1C(=O)[C@@H]2[C@@H](C1=O)[C@H]1C=C[C@H]2C1. The van der Waals surface area contributed by atoms with E-state index in [0.29, 0.717) is 12.1 Å². The van der Waals surface area contributed by atoms with E-state index >= 15 is 0 Å². The quantitative estimate of drug-likeness (QED) is 0.634. The predicted octanol–water partition coefficient (Wildman–Crippen LogP) is 3.04. The van der Waals surface area contributed by atoms with Gasteiger partial charge in [0.2, 0.25) is 17.7 Å². The number of allylic oxidation sites excluding steroid dienone is 2. The van der Waals surface area contributed by atoms with Crippen molar-refractivity contribution in [3.63, 3.8) is 0 Å². The first-order chi connectivity index (χ1) is 14.1. The molecule has 5 heteroatoms. The Hall–Kier alpha value is -3.21. The van der Waals surface area contributed by atoms with Crippen molar-refractivity contribution >= 4 is 23.4 Å². The molecule has 2 fully saturated rings. The second-order valence-electron chi connectivity index (χ2n) is 8.11. The van der Waals surface area contributed by atoms with Crippen molar-refractivity contribution in [1.82, 2.24) is 4.90 Å². The van der Waals surface area contributed by atoms with Gasteiger partial charge in [0.25, 0.3) is 0 Å². The number of benzene rings is 2. The number of imide groups is 1. The molecule has 29 heavy (non-hydrogen) atoms. The van der Waals surface area contributed by atoms with Crippen LogP contribution in [0.2, 0.25) is 0 Å². The van der Waals surface area contributed by atoms with Crippen LogP contribution >= 0.6 is 0 Å². The van der Waals surface area contributed by atoms with Crippen molar-refractivity contribution in [2.45, 2.75) is 18.9 Å². The van der Waals surface area contributed by atoms with Gasteiger partial charge in [-0.15, -0.1) is 0 Å². The molecule has 2 aromatic rings. The van der Waals surface area contributed by atoms with E-state index in [2.05, 4.69) is 17.5 Å². The van der Waals surface area contributed by atoms with Gasteiger partial charge < -0.3 is 5.32 Å². The number of fused-ring (bicyclic) bond motifs is 5. The summed E-state index contributed by atoms with van der Waals surface area (Å²) in [5.41, 5.74) is 1.57. The number of carbonyl (C=O) groups excluding carboxylic acids is 3. The van der Waals surface area contributed by atoms with Crippen molar-refractivity contribution in [2.75, 3.05) is 5.32 Å². The van der Waals surface area contributed by atoms with Crippen molar-refractivity contribution in [3.05, 3.63) is 78.4 Å². The van der Waals surface area contributed by atoms with Gasteiger partial charge in [-0.1, -0.05) is 60.7 Å². The molecule has 1 aliphatic heterocycles. The Morgan fingerprint density at radius 3 is 2.03 bits per heavy atom. The summed E-state index contributed by atoms with van der Waals surface area (Å²) in [5, 5.41) is 2.88. The fourth-order valence-electron chi connectivity index (χ4n) is 5.12. The fraction of sp³-hybridized carbons (Fsp3) is 0.292. The molecule has 3 aliphatic rings. The zero-order valence-electron chi connectivity index (χ0n) is 15.9. The van der Waals surface area contributed by atoms with E-state index in [1.165, 1.54) is 4.90 Å². The lowest BCUT2D eigenvalue weighted by molar-refractivity contribution is -0.147. The molecule has 1 saturated carbocycles. The summed E-state index contributed by atoms with van der Waals surface area (Å²) in [4.78, 5) is 41.0. The maximum Gasteiger partial charge on any atom is 0.248 e. The zero-order valence-corrected chi connectivity index (χ0v) is 15.9. The molecular formula is C24H22N2O3. The maximum atomic E-state index is 13.3. The summed E-state index contributed by atoms with van der Waals surface area (Å²) in [6.07, 6.45) is 5.31. The number of hydrogen-bond acceptors (Lipinski definition) is 3. The Kier molecular flexibility index (Phi) is 4.31. The number of nitrogens with one attached hydrogen (secondary N) is 1. The zero-order chi connectivity index (χ0) is 20.0. The molecule has 0 spiro atoms. The molecule has 1 N–H and O–H groups in total. The standard InChI is InChI=1S/C24H22N2O3/c27-22(25-18-9-5-2-6-10-18)19(13-15-7-3-1-4-8-15)26-23(28)20-16-11-12-17(14-16)21(20)24(26)29/h1-12,16-17,19-21H,13-14H2,(H,25,27)/t16-,17-,19-,20-,21-/m0/s1. The predicted molar refractivity (Wildman–Crippen MR) is 109 cm³/mol. The number of para-hydroxylation sites is 1. The monoisotopic (exact) mass is 386 g/mol. The molecule has 0 unspecified atom stereocenters. The smallest absolute Gasteiger partial charge is 0.248 e. The van der Waals surface area contributed by atoms with Gasteiger partial charge in [-0.05, 0) is 36.0 Å². The number of anilines is 1. The minimum Gasteiger partial charge on any atom is -0.324 e. The molecule has 2 bridgehead atoms. The molecule has 0 radical (unpaired) electrons. The first-order valence-electron chi connectivity index (χ1n) is 10.1. The number of likely N-dealkylation sites (tertiary alicyclic amines) is 1. The van der Waals surface area contributed by atoms with E-state index in [9.17, 15) is 14.4 Å². The fourth-order valence-corrected chi connectivity index (χ4v) is 5.12. The molecule has 5 nitrogen and oxygen atoms in total. The lowest BCUT2D eigenvalue weighted by Gasteiger charge is -2.27. The van der Waals surface area contributed by atoms with Crippen LogP contribution in [0, 0.1) is 23.7 Å².